The van der Waals surface area contributed by atoms with Gasteiger partial charge in [0.15, 0.2) is 0 Å². The number of aromatic nitrogens is 1. The van der Waals surface area contributed by atoms with Gasteiger partial charge in [-0.3, -0.25) is 0 Å². The summed E-state index contributed by atoms with van der Waals surface area (Å²) in [5.41, 5.74) is 9.93. The number of H-pyrrole nitrogens is 1. The van der Waals surface area contributed by atoms with Crippen molar-refractivity contribution in [1.82, 2.24) is 4.98 Å². The molecule has 1 atom stereocenters. The Morgan fingerprint density at radius 2 is 1.79 bits per heavy atom. The molecule has 8 heteroatoms. The molecule has 0 amide bonds. The molecule has 2 aromatic heterocycles. The van der Waals surface area contributed by atoms with Crippen molar-refractivity contribution in [3.63, 3.8) is 0 Å². The van der Waals surface area contributed by atoms with Crippen LogP contribution < -0.4 is 5.73 Å². The van der Waals surface area contributed by atoms with Crippen molar-refractivity contribution in [3.05, 3.63) is 63.7 Å². The van der Waals surface area contributed by atoms with E-state index >= 15 is 0 Å². The number of rotatable bonds is 5. The van der Waals surface area contributed by atoms with Crippen molar-refractivity contribution in [2.45, 2.75) is 29.0 Å². The van der Waals surface area contributed by atoms with Crippen LogP contribution in [0, 0.1) is 0 Å². The first-order valence-electron chi connectivity index (χ1n) is 9.27. The Bertz CT molecular complexity index is 1070. The summed E-state index contributed by atoms with van der Waals surface area (Å²) in [5.74, 6) is -0.994. The average Bonchev–Trinajstić information content (AvgIpc) is 3.29. The lowest BCUT2D eigenvalue weighted by atomic mass is 9.86. The maximum absolute atomic E-state index is 12.4. The Morgan fingerprint density at radius 3 is 2.48 bits per heavy atom. The topological polar surface area (TPSA) is 94.4 Å². The number of nitrogens with two attached hydrogens (primary N) is 1. The molecule has 0 spiro atoms. The molecule has 0 saturated heterocycles. The summed E-state index contributed by atoms with van der Waals surface area (Å²) in [6, 6.07) is 11.8. The van der Waals surface area contributed by atoms with Crippen molar-refractivity contribution in [2.75, 3.05) is 18.9 Å². The molecule has 29 heavy (non-hydrogen) atoms. The number of nitrogens with one attached hydrogen (secondary N) is 1. The lowest BCUT2D eigenvalue weighted by molar-refractivity contribution is 0.0515. The van der Waals surface area contributed by atoms with Gasteiger partial charge in [0.1, 0.15) is 10.6 Å². The van der Waals surface area contributed by atoms with Gasteiger partial charge < -0.3 is 20.2 Å². The lowest BCUT2D eigenvalue weighted by Crippen LogP contribution is -2.11. The van der Waals surface area contributed by atoms with Crippen molar-refractivity contribution < 1.29 is 19.1 Å². The second kappa shape index (κ2) is 7.96. The van der Waals surface area contributed by atoms with Crippen LogP contribution in [0.25, 0.3) is 0 Å². The van der Waals surface area contributed by atoms with Gasteiger partial charge in [-0.05, 0) is 31.0 Å². The molecule has 0 radical (unpaired) electrons. The molecule has 3 aromatic rings. The zero-order valence-electron chi connectivity index (χ0n) is 16.0. The zero-order chi connectivity index (χ0) is 20.5. The molecule has 1 aromatic carbocycles. The first kappa shape index (κ1) is 19.6. The highest BCUT2D eigenvalue weighted by molar-refractivity contribution is 8.01. The van der Waals surface area contributed by atoms with Crippen molar-refractivity contribution in [2.24, 2.45) is 0 Å². The fourth-order valence-corrected chi connectivity index (χ4v) is 5.93. The van der Waals surface area contributed by atoms with Gasteiger partial charge in [-0.2, -0.15) is 0 Å². The summed E-state index contributed by atoms with van der Waals surface area (Å²) in [5, 5.41) is 0.796. The summed E-state index contributed by atoms with van der Waals surface area (Å²) in [7, 11) is 0. The van der Waals surface area contributed by atoms with E-state index in [4.69, 9.17) is 15.2 Å². The van der Waals surface area contributed by atoms with Crippen LogP contribution in [-0.2, 0) is 9.47 Å². The van der Waals surface area contributed by atoms with Gasteiger partial charge >= 0.3 is 11.9 Å². The predicted molar refractivity (Wildman–Crippen MR) is 113 cm³/mol. The smallest absolute Gasteiger partial charge is 0.356 e. The highest BCUT2D eigenvalue weighted by Gasteiger charge is 2.36. The number of hydrogen-bond acceptors (Lipinski definition) is 7. The molecular formula is C21H20N2O4S2. The normalized spacial score (nSPS) is 14.8. The predicted octanol–water partition coefficient (Wildman–Crippen LogP) is 4.66. The first-order chi connectivity index (χ1) is 14.0. The van der Waals surface area contributed by atoms with E-state index in [0.29, 0.717) is 17.2 Å². The quantitative estimate of drug-likeness (QED) is 0.449. The summed E-state index contributed by atoms with van der Waals surface area (Å²) in [4.78, 5) is 28.3. The third-order valence-electron chi connectivity index (χ3n) is 4.65. The minimum Gasteiger partial charge on any atom is -0.462 e. The summed E-state index contributed by atoms with van der Waals surface area (Å²) < 4.78 is 11.3. The minimum atomic E-state index is -0.470. The molecule has 0 aliphatic carbocycles. The van der Waals surface area contributed by atoms with E-state index in [2.05, 4.69) is 4.98 Å². The van der Waals surface area contributed by atoms with E-state index in [1.165, 1.54) is 23.1 Å². The number of anilines is 1. The molecule has 3 N–H and O–H groups in total. The molecule has 150 valence electrons. The Labute approximate surface area is 176 Å². The van der Waals surface area contributed by atoms with Crippen molar-refractivity contribution in [3.8, 4) is 0 Å². The summed E-state index contributed by atoms with van der Waals surface area (Å²) in [6.07, 6.45) is 0. The Morgan fingerprint density at radius 1 is 1.10 bits per heavy atom. The van der Waals surface area contributed by atoms with E-state index in [-0.39, 0.29) is 24.2 Å². The van der Waals surface area contributed by atoms with Gasteiger partial charge in [-0.1, -0.05) is 42.1 Å². The number of benzene rings is 1. The average molecular weight is 429 g/mol. The number of aromatic amines is 1. The number of carbonyl (C=O) groups is 2. The maximum atomic E-state index is 12.4. The van der Waals surface area contributed by atoms with Gasteiger partial charge in [-0.15, -0.1) is 11.3 Å². The third kappa shape index (κ3) is 3.42. The number of nitrogen functional groups attached to an aromatic ring is 1. The molecule has 0 bridgehead atoms. The van der Waals surface area contributed by atoms with Gasteiger partial charge in [-0.25, -0.2) is 9.59 Å². The molecule has 3 heterocycles. The largest absolute Gasteiger partial charge is 0.462 e. The lowest BCUT2D eigenvalue weighted by Gasteiger charge is -2.23. The number of hydrogen-bond donors (Lipinski definition) is 2. The molecule has 0 saturated carbocycles. The standard InChI is InChI=1S/C21H20N2O4S2/c1-3-26-19(24)13-10-12-14(11-8-6-5-7-9-11)15-16(22)17(20(25)27-4-2)23-18(15)29-21(12)28-13/h5-10,14,23H,3-4,22H2,1-2H3/t14-/m1/s1. The summed E-state index contributed by atoms with van der Waals surface area (Å²) >= 11 is 2.87. The Balaban J connectivity index is 1.86. The second-order valence-corrected chi connectivity index (χ2v) is 8.73. The van der Waals surface area contributed by atoms with Crippen LogP contribution in [0.3, 0.4) is 0 Å². The monoisotopic (exact) mass is 428 g/mol. The second-order valence-electron chi connectivity index (χ2n) is 6.40. The van der Waals surface area contributed by atoms with Gasteiger partial charge in [0.2, 0.25) is 0 Å². The molecule has 1 aliphatic heterocycles. The highest BCUT2D eigenvalue weighted by atomic mass is 32.2. The number of thiophene rings is 1. The maximum Gasteiger partial charge on any atom is 0.356 e. The number of carbonyl (C=O) groups excluding carboxylic acids is 2. The van der Waals surface area contributed by atoms with Crippen molar-refractivity contribution >= 4 is 40.7 Å². The molecule has 1 aliphatic rings. The number of ether oxygens (including phenoxy) is 2. The fraction of sp³-hybridized carbons (Fsp3) is 0.238. The van der Waals surface area contributed by atoms with Crippen LogP contribution in [0.5, 0.6) is 0 Å². The van der Waals surface area contributed by atoms with Gasteiger partial charge in [0, 0.05) is 11.5 Å². The minimum absolute atomic E-state index is 0.193. The zero-order valence-corrected chi connectivity index (χ0v) is 17.6. The Hall–Kier alpha value is -2.71. The molecule has 6 nitrogen and oxygen atoms in total. The van der Waals surface area contributed by atoms with Gasteiger partial charge in [0.25, 0.3) is 0 Å². The molecule has 0 unspecified atom stereocenters. The van der Waals surface area contributed by atoms with E-state index in [9.17, 15) is 9.59 Å². The highest BCUT2D eigenvalue weighted by Crippen LogP contribution is 2.54. The molecule has 0 fully saturated rings. The van der Waals surface area contributed by atoms with E-state index in [1.807, 2.05) is 36.4 Å². The van der Waals surface area contributed by atoms with Crippen LogP contribution in [-0.4, -0.2) is 30.1 Å². The number of esters is 2. The van der Waals surface area contributed by atoms with Crippen molar-refractivity contribution in [1.29, 1.82) is 0 Å². The van der Waals surface area contributed by atoms with E-state index in [0.717, 1.165) is 25.9 Å². The van der Waals surface area contributed by atoms with Crippen LogP contribution in [0.1, 0.15) is 56.6 Å². The fourth-order valence-electron chi connectivity index (χ4n) is 3.45. The summed E-state index contributed by atoms with van der Waals surface area (Å²) in [6.45, 7) is 4.14. The van der Waals surface area contributed by atoms with E-state index in [1.54, 1.807) is 13.8 Å². The van der Waals surface area contributed by atoms with Crippen LogP contribution >= 0.6 is 23.1 Å². The van der Waals surface area contributed by atoms with E-state index < -0.39 is 5.97 Å². The first-order valence-corrected chi connectivity index (χ1v) is 10.9. The van der Waals surface area contributed by atoms with Gasteiger partial charge in [0.05, 0.1) is 28.1 Å². The van der Waals surface area contributed by atoms with Crippen LogP contribution in [0.4, 0.5) is 5.69 Å². The number of fused-ring (bicyclic) bond motifs is 2. The third-order valence-corrected chi connectivity index (χ3v) is 7.02. The van der Waals surface area contributed by atoms with Crippen LogP contribution in [0.15, 0.2) is 45.6 Å². The molecule has 4 rings (SSSR count). The molecular weight excluding hydrogens is 408 g/mol. The SMILES string of the molecule is CCOC(=O)c1cc2c(s1)Sc1[nH]c(C(=O)OCC)c(N)c1[C@@H]2c1ccccc1. The Kier molecular flexibility index (Phi) is 5.38. The van der Waals surface area contributed by atoms with Crippen LogP contribution in [0.2, 0.25) is 0 Å².